The number of nitrogens with one attached hydrogen (secondary N) is 1. The van der Waals surface area contributed by atoms with E-state index in [2.05, 4.69) is 14.9 Å². The zero-order valence-electron chi connectivity index (χ0n) is 13.9. The molecule has 0 fully saturated rings. The number of halogens is 1. The van der Waals surface area contributed by atoms with Crippen molar-refractivity contribution in [3.05, 3.63) is 35.1 Å². The number of ether oxygens (including phenoxy) is 1. The van der Waals surface area contributed by atoms with Crippen LogP contribution in [0.3, 0.4) is 0 Å². The molecule has 0 unspecified atom stereocenters. The molecule has 1 N–H and O–H groups in total. The van der Waals surface area contributed by atoms with Gasteiger partial charge >= 0.3 is 6.01 Å². The van der Waals surface area contributed by atoms with E-state index >= 15 is 0 Å². The van der Waals surface area contributed by atoms with Gasteiger partial charge in [-0.25, -0.2) is 13.1 Å². The first kappa shape index (κ1) is 18.7. The van der Waals surface area contributed by atoms with E-state index in [-0.39, 0.29) is 4.90 Å². The van der Waals surface area contributed by atoms with Crippen molar-refractivity contribution in [2.45, 2.75) is 44.7 Å². The Morgan fingerprint density at radius 3 is 2.50 bits per heavy atom. The van der Waals surface area contributed by atoms with Crippen LogP contribution in [0.1, 0.15) is 39.1 Å². The maximum Gasteiger partial charge on any atom is 0.316 e. The van der Waals surface area contributed by atoms with E-state index in [1.165, 1.54) is 24.3 Å². The van der Waals surface area contributed by atoms with Crippen molar-refractivity contribution in [2.75, 3.05) is 6.61 Å². The third kappa shape index (κ3) is 4.25. The van der Waals surface area contributed by atoms with Crippen LogP contribution in [0.25, 0.3) is 0 Å². The van der Waals surface area contributed by atoms with Gasteiger partial charge in [0.05, 0.1) is 17.5 Å². The zero-order chi connectivity index (χ0) is 17.7. The summed E-state index contributed by atoms with van der Waals surface area (Å²) in [6, 6.07) is 5.82. The number of benzene rings is 1. The van der Waals surface area contributed by atoms with E-state index in [9.17, 15) is 8.42 Å². The molecule has 24 heavy (non-hydrogen) atoms. The van der Waals surface area contributed by atoms with Crippen LogP contribution in [0.4, 0.5) is 0 Å². The molecule has 2 rings (SSSR count). The zero-order valence-corrected chi connectivity index (χ0v) is 15.4. The lowest BCUT2D eigenvalue weighted by atomic mass is 10.3. The van der Waals surface area contributed by atoms with Crippen molar-refractivity contribution in [1.29, 1.82) is 0 Å². The lowest BCUT2D eigenvalue weighted by molar-refractivity contribution is 0.276. The molecule has 0 bridgehead atoms. The van der Waals surface area contributed by atoms with Crippen LogP contribution in [0.2, 0.25) is 5.02 Å². The Labute approximate surface area is 147 Å². The Hall–Kier alpha value is -1.64. The summed E-state index contributed by atoms with van der Waals surface area (Å²) in [6.07, 6.45) is 0.852. The van der Waals surface area contributed by atoms with Crippen LogP contribution < -0.4 is 9.46 Å². The summed E-state index contributed by atoms with van der Waals surface area (Å²) in [6.45, 7) is 6.74. The predicted molar refractivity (Wildman–Crippen MR) is 91.7 cm³/mol. The highest BCUT2D eigenvalue weighted by Crippen LogP contribution is 2.20. The molecule has 0 aliphatic heterocycles. The summed E-state index contributed by atoms with van der Waals surface area (Å²) < 4.78 is 34.8. The van der Waals surface area contributed by atoms with Crippen molar-refractivity contribution in [1.82, 2.24) is 19.5 Å². The molecule has 1 atom stereocenters. The maximum absolute atomic E-state index is 12.5. The average Bonchev–Trinajstić information content (AvgIpc) is 2.95. The number of rotatable bonds is 8. The summed E-state index contributed by atoms with van der Waals surface area (Å²) in [4.78, 5) is 0.142. The van der Waals surface area contributed by atoms with Gasteiger partial charge in [-0.05, 0) is 44.5 Å². The number of sulfonamides is 1. The molecular formula is C15H21ClN4O3S. The van der Waals surface area contributed by atoms with Gasteiger partial charge in [-0.15, -0.1) is 5.10 Å². The van der Waals surface area contributed by atoms with Crippen LogP contribution in [-0.4, -0.2) is 29.8 Å². The van der Waals surface area contributed by atoms with Crippen molar-refractivity contribution >= 4 is 21.6 Å². The monoisotopic (exact) mass is 372 g/mol. The summed E-state index contributed by atoms with van der Waals surface area (Å²) in [5.41, 5.74) is 0. The fraction of sp³-hybridized carbons (Fsp3) is 0.467. The van der Waals surface area contributed by atoms with Crippen molar-refractivity contribution in [3.63, 3.8) is 0 Å². The van der Waals surface area contributed by atoms with E-state index in [4.69, 9.17) is 16.3 Å². The van der Waals surface area contributed by atoms with Gasteiger partial charge < -0.3 is 4.74 Å². The molecule has 0 aliphatic rings. The maximum atomic E-state index is 12.5. The molecule has 0 saturated heterocycles. The van der Waals surface area contributed by atoms with Gasteiger partial charge in [0, 0.05) is 11.6 Å². The number of hydrogen-bond acceptors (Lipinski definition) is 5. The first-order valence-electron chi connectivity index (χ1n) is 7.72. The lowest BCUT2D eigenvalue weighted by Crippen LogP contribution is -2.29. The second kappa shape index (κ2) is 7.96. The smallest absolute Gasteiger partial charge is 0.316 e. The van der Waals surface area contributed by atoms with E-state index in [1.807, 2.05) is 13.8 Å². The summed E-state index contributed by atoms with van der Waals surface area (Å²) >= 11 is 5.80. The lowest BCUT2D eigenvalue weighted by Gasteiger charge is -2.15. The summed E-state index contributed by atoms with van der Waals surface area (Å²) in [5.74, 6) is 0.501. The van der Waals surface area contributed by atoms with Gasteiger partial charge in [-0.1, -0.05) is 23.6 Å². The SMILES string of the molecule is CCCOc1nnc([C@H](C)NS(=O)(=O)c2ccc(Cl)cc2)n1CC. The number of hydrogen-bond donors (Lipinski definition) is 1. The second-order valence-electron chi connectivity index (χ2n) is 5.23. The molecule has 1 heterocycles. The third-order valence-electron chi connectivity index (χ3n) is 3.34. The molecule has 0 amide bonds. The minimum atomic E-state index is -3.69. The molecule has 1 aromatic heterocycles. The highest BCUT2D eigenvalue weighted by molar-refractivity contribution is 7.89. The quantitative estimate of drug-likeness (QED) is 0.770. The van der Waals surface area contributed by atoms with E-state index in [0.29, 0.717) is 30.0 Å². The van der Waals surface area contributed by atoms with E-state index in [0.717, 1.165) is 6.42 Å². The Bertz CT molecular complexity index is 775. The molecule has 0 saturated carbocycles. The molecule has 7 nitrogen and oxygen atoms in total. The number of nitrogens with zero attached hydrogens (tertiary/aromatic N) is 3. The van der Waals surface area contributed by atoms with Gasteiger partial charge in [0.2, 0.25) is 10.0 Å². The van der Waals surface area contributed by atoms with Crippen LogP contribution in [0.5, 0.6) is 6.01 Å². The fourth-order valence-corrected chi connectivity index (χ4v) is 3.51. The summed E-state index contributed by atoms with van der Waals surface area (Å²) in [5, 5.41) is 8.55. The Kier molecular flexibility index (Phi) is 6.20. The second-order valence-corrected chi connectivity index (χ2v) is 7.38. The van der Waals surface area contributed by atoms with Gasteiger partial charge in [0.1, 0.15) is 0 Å². The van der Waals surface area contributed by atoms with Crippen molar-refractivity contribution in [2.24, 2.45) is 0 Å². The molecule has 0 spiro atoms. The number of aromatic nitrogens is 3. The van der Waals surface area contributed by atoms with Crippen LogP contribution in [-0.2, 0) is 16.6 Å². The molecule has 9 heteroatoms. The van der Waals surface area contributed by atoms with E-state index in [1.54, 1.807) is 11.5 Å². The van der Waals surface area contributed by atoms with E-state index < -0.39 is 16.1 Å². The standard InChI is InChI=1S/C15H21ClN4O3S/c1-4-10-23-15-18-17-14(20(15)5-2)11(3)19-24(21,22)13-8-6-12(16)7-9-13/h6-9,11,19H,4-5,10H2,1-3H3/t11-/m0/s1. The average molecular weight is 373 g/mol. The molecule has 0 aliphatic carbocycles. The first-order valence-corrected chi connectivity index (χ1v) is 9.59. The predicted octanol–water partition coefficient (Wildman–Crippen LogP) is 2.78. The molecule has 1 aromatic carbocycles. The van der Waals surface area contributed by atoms with Gasteiger partial charge in [-0.3, -0.25) is 4.57 Å². The van der Waals surface area contributed by atoms with Crippen molar-refractivity contribution < 1.29 is 13.2 Å². The van der Waals surface area contributed by atoms with Crippen LogP contribution in [0.15, 0.2) is 29.2 Å². The Morgan fingerprint density at radius 1 is 1.25 bits per heavy atom. The first-order chi connectivity index (χ1) is 11.4. The van der Waals surface area contributed by atoms with Crippen molar-refractivity contribution in [3.8, 4) is 6.01 Å². The third-order valence-corrected chi connectivity index (χ3v) is 5.15. The van der Waals surface area contributed by atoms with Gasteiger partial charge in [-0.2, -0.15) is 0 Å². The normalized spacial score (nSPS) is 13.0. The molecular weight excluding hydrogens is 352 g/mol. The molecule has 2 aromatic rings. The van der Waals surface area contributed by atoms with Gasteiger partial charge in [0.25, 0.3) is 0 Å². The van der Waals surface area contributed by atoms with Gasteiger partial charge in [0.15, 0.2) is 5.82 Å². The highest BCUT2D eigenvalue weighted by Gasteiger charge is 2.23. The highest BCUT2D eigenvalue weighted by atomic mass is 35.5. The molecule has 0 radical (unpaired) electrons. The molecule has 132 valence electrons. The largest absolute Gasteiger partial charge is 0.464 e. The topological polar surface area (TPSA) is 86.1 Å². The Morgan fingerprint density at radius 2 is 1.92 bits per heavy atom. The minimum Gasteiger partial charge on any atom is -0.464 e. The minimum absolute atomic E-state index is 0.142. The van der Waals surface area contributed by atoms with Crippen LogP contribution in [0, 0.1) is 0 Å². The summed E-state index contributed by atoms with van der Waals surface area (Å²) in [7, 11) is -3.69. The van der Waals surface area contributed by atoms with Crippen LogP contribution >= 0.6 is 11.6 Å². The Balaban J connectivity index is 2.21. The fourth-order valence-electron chi connectivity index (χ4n) is 2.18.